The number of aliphatic hydroxyl groups is 1. The second-order valence-electron chi connectivity index (χ2n) is 15.0. The van der Waals surface area contributed by atoms with Crippen LogP contribution in [0.15, 0.2) is 55.6 Å². The van der Waals surface area contributed by atoms with Crippen molar-refractivity contribution in [2.24, 2.45) is 23.2 Å². The van der Waals surface area contributed by atoms with Gasteiger partial charge in [0.2, 0.25) is 11.8 Å². The van der Waals surface area contributed by atoms with Crippen LogP contribution in [0.4, 0.5) is 0 Å². The number of ether oxygens (including phenoxy) is 2. The molecule has 242 valence electrons. The molecule has 0 saturated carbocycles. The van der Waals surface area contributed by atoms with Gasteiger partial charge >= 0.3 is 5.97 Å². The van der Waals surface area contributed by atoms with Crippen LogP contribution in [0, 0.1) is 23.2 Å². The Morgan fingerprint density at radius 2 is 1.84 bits per heavy atom. The average Bonchev–Trinajstić information content (AvgIpc) is 3.45. The number of amides is 2. The topological polar surface area (TPSA) is 96.4 Å². The summed E-state index contributed by atoms with van der Waals surface area (Å²) < 4.78 is 12.6. The first-order valence-corrected chi connectivity index (χ1v) is 15.9. The van der Waals surface area contributed by atoms with Gasteiger partial charge in [-0.3, -0.25) is 14.4 Å². The number of hydrogen-bond acceptors (Lipinski definition) is 6. The number of benzene rings is 1. The molecule has 0 aromatic heterocycles. The van der Waals surface area contributed by atoms with Gasteiger partial charge in [0.05, 0.1) is 30.8 Å². The second-order valence-corrected chi connectivity index (χ2v) is 15.0. The monoisotopic (exact) mass is 608 g/mol. The number of rotatable bonds is 13. The Balaban J connectivity index is 1.86. The van der Waals surface area contributed by atoms with Crippen LogP contribution in [0.2, 0.25) is 0 Å². The van der Waals surface area contributed by atoms with E-state index in [1.165, 1.54) is 0 Å². The zero-order valence-electron chi connectivity index (χ0n) is 27.7. The fraction of sp³-hybridized carbons (Fsp3) is 0.639. The molecule has 3 aliphatic heterocycles. The van der Waals surface area contributed by atoms with Crippen molar-refractivity contribution in [2.75, 3.05) is 19.8 Å². The number of hydrogen-bond donors (Lipinski definition) is 1. The molecule has 3 heterocycles. The van der Waals surface area contributed by atoms with Gasteiger partial charge in [-0.1, -0.05) is 70.2 Å². The number of likely N-dealkylation sites (tertiary alicyclic amines) is 1. The molecule has 3 fully saturated rings. The summed E-state index contributed by atoms with van der Waals surface area (Å²) in [6, 6.07) is 7.90. The van der Waals surface area contributed by atoms with E-state index in [1.54, 1.807) is 17.1 Å². The van der Waals surface area contributed by atoms with Crippen LogP contribution < -0.4 is 0 Å². The molecule has 2 bridgehead atoms. The van der Waals surface area contributed by atoms with E-state index in [2.05, 4.69) is 33.9 Å². The summed E-state index contributed by atoms with van der Waals surface area (Å²) in [7, 11) is 0. The number of fused-ring (bicyclic) bond motifs is 1. The zero-order chi connectivity index (χ0) is 32.7. The van der Waals surface area contributed by atoms with Crippen LogP contribution in [0.25, 0.3) is 0 Å². The molecule has 1 aromatic carbocycles. The van der Waals surface area contributed by atoms with Gasteiger partial charge in [0.15, 0.2) is 0 Å². The minimum absolute atomic E-state index is 0.0826. The van der Waals surface area contributed by atoms with Gasteiger partial charge in [-0.25, -0.2) is 0 Å². The van der Waals surface area contributed by atoms with E-state index in [0.717, 1.165) is 5.56 Å². The van der Waals surface area contributed by atoms with Crippen LogP contribution in [0.3, 0.4) is 0 Å². The van der Waals surface area contributed by atoms with Gasteiger partial charge < -0.3 is 24.4 Å². The average molecular weight is 609 g/mol. The SMILES string of the molecule is C=CCCOC(=O)[C@H]1[C@H]2C(=O)N([C@@H](CO)Cc3ccccc3)C(C(=O)N(CC=C)C(C)(C)CC(C)(C)C)C23CC(C)[C@]1(C)O3. The Kier molecular flexibility index (Phi) is 9.58. The van der Waals surface area contributed by atoms with Crippen LogP contribution in [0.5, 0.6) is 0 Å². The molecule has 0 radical (unpaired) electrons. The first-order valence-electron chi connectivity index (χ1n) is 15.9. The summed E-state index contributed by atoms with van der Waals surface area (Å²) in [5.74, 6) is -2.99. The minimum atomic E-state index is -1.24. The van der Waals surface area contributed by atoms with E-state index in [1.807, 2.05) is 62.9 Å². The number of carbonyl (C=O) groups excluding carboxylic acids is 3. The molecule has 8 nitrogen and oxygen atoms in total. The van der Waals surface area contributed by atoms with E-state index in [-0.39, 0.29) is 42.9 Å². The number of nitrogens with zero attached hydrogens (tertiary/aromatic N) is 2. The molecule has 2 amide bonds. The lowest BCUT2D eigenvalue weighted by Gasteiger charge is -2.46. The maximum atomic E-state index is 15.1. The summed E-state index contributed by atoms with van der Waals surface area (Å²) >= 11 is 0. The molecule has 1 spiro atoms. The molecule has 0 aliphatic carbocycles. The van der Waals surface area contributed by atoms with Crippen molar-refractivity contribution >= 4 is 17.8 Å². The van der Waals surface area contributed by atoms with Gasteiger partial charge in [-0.15, -0.1) is 13.2 Å². The van der Waals surface area contributed by atoms with Gasteiger partial charge in [-0.2, -0.15) is 0 Å². The predicted octanol–water partition coefficient (Wildman–Crippen LogP) is 4.95. The van der Waals surface area contributed by atoms with E-state index < -0.39 is 46.6 Å². The third kappa shape index (κ3) is 5.87. The van der Waals surface area contributed by atoms with Gasteiger partial charge in [0.25, 0.3) is 0 Å². The fourth-order valence-electron chi connectivity index (χ4n) is 8.48. The molecule has 7 atom stereocenters. The summed E-state index contributed by atoms with van der Waals surface area (Å²) in [5, 5.41) is 10.8. The Labute approximate surface area is 263 Å². The first kappa shape index (κ1) is 33.9. The summed E-state index contributed by atoms with van der Waals surface area (Å²) in [5.41, 5.74) is -1.96. The number of esters is 1. The van der Waals surface area contributed by atoms with Crippen LogP contribution >= 0.6 is 0 Å². The highest BCUT2D eigenvalue weighted by atomic mass is 16.6. The maximum absolute atomic E-state index is 15.1. The molecular formula is C36H52N2O6. The molecular weight excluding hydrogens is 556 g/mol. The largest absolute Gasteiger partial charge is 0.465 e. The highest BCUT2D eigenvalue weighted by Crippen LogP contribution is 2.66. The number of carbonyl (C=O) groups is 3. The van der Waals surface area contributed by atoms with Gasteiger partial charge in [-0.05, 0) is 63.4 Å². The lowest BCUT2D eigenvalue weighted by atomic mass is 9.62. The van der Waals surface area contributed by atoms with Crippen LogP contribution in [-0.4, -0.2) is 81.3 Å². The lowest BCUT2D eigenvalue weighted by molar-refractivity contribution is -0.165. The number of aliphatic hydroxyl groups excluding tert-OH is 1. The van der Waals surface area contributed by atoms with Crippen molar-refractivity contribution in [3.63, 3.8) is 0 Å². The molecule has 3 saturated heterocycles. The molecule has 8 heteroatoms. The second kappa shape index (κ2) is 12.4. The molecule has 1 aromatic rings. The standard InChI is InChI=1S/C36H52N2O6/c1-10-12-19-43-32(42)28-27-30(40)38(26(22-39)20-25-16-14-13-15-17-25)29(36(27)21-24(3)35(28,9)44-36)31(41)37(18-11-2)34(7,8)23-33(4,5)6/h10-11,13-17,24,26-29,39H,1-2,12,18-23H2,3-9H3/t24?,26-,27+,28-,29?,35+,36?/m1/s1. The minimum Gasteiger partial charge on any atom is -0.465 e. The normalized spacial score (nSPS) is 30.2. The molecule has 3 unspecified atom stereocenters. The quantitative estimate of drug-likeness (QED) is 0.194. The fourth-order valence-corrected chi connectivity index (χ4v) is 8.48. The molecule has 1 N–H and O–H groups in total. The van der Waals surface area contributed by atoms with Crippen molar-refractivity contribution in [1.82, 2.24) is 9.80 Å². The van der Waals surface area contributed by atoms with E-state index in [4.69, 9.17) is 9.47 Å². The molecule has 4 rings (SSSR count). The Hall–Kier alpha value is -2.97. The first-order chi connectivity index (χ1) is 20.6. The molecule has 44 heavy (non-hydrogen) atoms. The van der Waals surface area contributed by atoms with Gasteiger partial charge in [0.1, 0.15) is 17.6 Å². The lowest BCUT2D eigenvalue weighted by Crippen LogP contribution is -2.62. The van der Waals surface area contributed by atoms with E-state index in [0.29, 0.717) is 25.7 Å². The Morgan fingerprint density at radius 3 is 2.41 bits per heavy atom. The highest BCUT2D eigenvalue weighted by molar-refractivity contribution is 5.99. The summed E-state index contributed by atoms with van der Waals surface area (Å²) in [6.07, 6.45) is 5.38. The van der Waals surface area contributed by atoms with Crippen molar-refractivity contribution in [3.05, 3.63) is 61.2 Å². The predicted molar refractivity (Wildman–Crippen MR) is 170 cm³/mol. The van der Waals surface area contributed by atoms with Crippen molar-refractivity contribution in [3.8, 4) is 0 Å². The van der Waals surface area contributed by atoms with Crippen LogP contribution in [0.1, 0.15) is 73.3 Å². The van der Waals surface area contributed by atoms with E-state index in [9.17, 15) is 14.7 Å². The van der Waals surface area contributed by atoms with E-state index >= 15 is 4.79 Å². The third-order valence-electron chi connectivity index (χ3n) is 10.00. The highest BCUT2D eigenvalue weighted by Gasteiger charge is 2.81. The Morgan fingerprint density at radius 1 is 1.18 bits per heavy atom. The smallest absolute Gasteiger partial charge is 0.312 e. The van der Waals surface area contributed by atoms with Crippen molar-refractivity contribution in [2.45, 2.75) is 103 Å². The van der Waals surface area contributed by atoms with Crippen LogP contribution in [-0.2, 0) is 30.3 Å². The zero-order valence-corrected chi connectivity index (χ0v) is 27.7. The summed E-state index contributed by atoms with van der Waals surface area (Å²) in [4.78, 5) is 47.0. The Bertz CT molecular complexity index is 1250. The molecule has 3 aliphatic rings. The van der Waals surface area contributed by atoms with Crippen molar-refractivity contribution < 1.29 is 29.0 Å². The maximum Gasteiger partial charge on any atom is 0.312 e. The summed E-state index contributed by atoms with van der Waals surface area (Å²) in [6.45, 7) is 22.1. The van der Waals surface area contributed by atoms with Gasteiger partial charge in [0, 0.05) is 12.1 Å². The third-order valence-corrected chi connectivity index (χ3v) is 10.00. The van der Waals surface area contributed by atoms with Crippen molar-refractivity contribution in [1.29, 1.82) is 0 Å².